The Bertz CT molecular complexity index is 1230. The Kier molecular flexibility index (Phi) is 6.02. The van der Waals surface area contributed by atoms with E-state index in [1.165, 1.54) is 0 Å². The first-order valence-corrected chi connectivity index (χ1v) is 10.6. The maximum atomic E-state index is 13.4. The van der Waals surface area contributed by atoms with Gasteiger partial charge in [0.25, 0.3) is 5.56 Å². The number of fused-ring (bicyclic) bond motifs is 1. The van der Waals surface area contributed by atoms with Crippen molar-refractivity contribution in [2.45, 2.75) is 32.2 Å². The molecule has 10 heteroatoms. The van der Waals surface area contributed by atoms with Crippen LogP contribution >= 0.6 is 11.6 Å². The monoisotopic (exact) mass is 438 g/mol. The van der Waals surface area contributed by atoms with E-state index in [-0.39, 0.29) is 17.5 Å². The SMILES string of the molecule is Cc1nc(N)nc(NCCc2nc3cccc(Cl)c3c(=O)n2C2CCNCC2)c1C#N. The van der Waals surface area contributed by atoms with Crippen LogP contribution in [0, 0.1) is 18.3 Å². The Morgan fingerprint density at radius 3 is 2.84 bits per heavy atom. The highest BCUT2D eigenvalue weighted by Crippen LogP contribution is 2.24. The fourth-order valence-corrected chi connectivity index (χ4v) is 4.27. The van der Waals surface area contributed by atoms with E-state index in [1.807, 2.05) is 0 Å². The van der Waals surface area contributed by atoms with Crippen LogP contribution in [0.4, 0.5) is 11.8 Å². The van der Waals surface area contributed by atoms with Crippen LogP contribution in [0.25, 0.3) is 10.9 Å². The molecule has 31 heavy (non-hydrogen) atoms. The number of aryl methyl sites for hydroxylation is 1. The molecule has 9 nitrogen and oxygen atoms in total. The predicted molar refractivity (Wildman–Crippen MR) is 120 cm³/mol. The Morgan fingerprint density at radius 1 is 1.32 bits per heavy atom. The molecule has 3 heterocycles. The lowest BCUT2D eigenvalue weighted by Gasteiger charge is -2.27. The standard InChI is InChI=1S/C21H23ClN8O/c1-12-14(11-23)19(29-21(24)27-12)26-10-7-17-28-16-4-2-3-15(22)18(16)20(31)30(17)13-5-8-25-9-6-13/h2-4,13,25H,5-10H2,1H3,(H3,24,26,27,29). The molecular formula is C21H23ClN8O. The zero-order valence-electron chi connectivity index (χ0n) is 17.2. The molecule has 4 rings (SSSR count). The molecule has 0 atom stereocenters. The van der Waals surface area contributed by atoms with Crippen LogP contribution in [-0.4, -0.2) is 39.2 Å². The molecule has 1 aliphatic rings. The van der Waals surface area contributed by atoms with Crippen molar-refractivity contribution in [3.8, 4) is 6.07 Å². The number of rotatable bonds is 5. The number of benzene rings is 1. The minimum atomic E-state index is -0.114. The van der Waals surface area contributed by atoms with Gasteiger partial charge in [0, 0.05) is 19.0 Å². The van der Waals surface area contributed by atoms with Crippen LogP contribution in [0.2, 0.25) is 5.02 Å². The Labute approximate surface area is 184 Å². The molecule has 0 saturated carbocycles. The van der Waals surface area contributed by atoms with Gasteiger partial charge in [-0.3, -0.25) is 9.36 Å². The van der Waals surface area contributed by atoms with Gasteiger partial charge in [-0.1, -0.05) is 17.7 Å². The number of nitrogens with one attached hydrogen (secondary N) is 2. The van der Waals surface area contributed by atoms with Gasteiger partial charge in [-0.25, -0.2) is 9.97 Å². The van der Waals surface area contributed by atoms with Crippen molar-refractivity contribution in [1.29, 1.82) is 5.26 Å². The first kappa shape index (κ1) is 21.0. The van der Waals surface area contributed by atoms with Gasteiger partial charge in [0.1, 0.15) is 23.3 Å². The minimum absolute atomic E-state index is 0.0588. The molecule has 1 aromatic carbocycles. The third kappa shape index (κ3) is 4.17. The van der Waals surface area contributed by atoms with Crippen LogP contribution in [0.5, 0.6) is 0 Å². The predicted octanol–water partition coefficient (Wildman–Crippen LogP) is 2.18. The molecule has 1 fully saturated rings. The van der Waals surface area contributed by atoms with E-state index in [9.17, 15) is 10.1 Å². The van der Waals surface area contributed by atoms with Crippen LogP contribution < -0.4 is 21.9 Å². The number of aromatic nitrogens is 4. The molecule has 160 valence electrons. The molecular weight excluding hydrogens is 416 g/mol. The van der Waals surface area contributed by atoms with E-state index in [1.54, 1.807) is 29.7 Å². The zero-order chi connectivity index (χ0) is 22.0. The lowest BCUT2D eigenvalue weighted by molar-refractivity contribution is 0.351. The summed E-state index contributed by atoms with van der Waals surface area (Å²) in [6.45, 7) is 3.83. The molecule has 4 N–H and O–H groups in total. The number of hydrogen-bond donors (Lipinski definition) is 3. The second-order valence-corrected chi connectivity index (χ2v) is 7.90. The van der Waals surface area contributed by atoms with Gasteiger partial charge in [-0.05, 0) is 45.0 Å². The number of piperidine rings is 1. The van der Waals surface area contributed by atoms with Crippen LogP contribution in [-0.2, 0) is 6.42 Å². The van der Waals surface area contributed by atoms with Gasteiger partial charge >= 0.3 is 0 Å². The van der Waals surface area contributed by atoms with Gasteiger partial charge in [-0.15, -0.1) is 0 Å². The van der Waals surface area contributed by atoms with E-state index >= 15 is 0 Å². The fourth-order valence-electron chi connectivity index (χ4n) is 4.02. The van der Waals surface area contributed by atoms with Crippen molar-refractivity contribution >= 4 is 34.3 Å². The topological polar surface area (TPSA) is 135 Å². The van der Waals surface area contributed by atoms with Gasteiger partial charge in [0.15, 0.2) is 0 Å². The largest absolute Gasteiger partial charge is 0.368 e. The van der Waals surface area contributed by atoms with E-state index in [4.69, 9.17) is 22.3 Å². The Hall–Kier alpha value is -3.22. The molecule has 0 amide bonds. The number of nitriles is 1. The van der Waals surface area contributed by atoms with Crippen molar-refractivity contribution in [1.82, 2.24) is 24.8 Å². The molecule has 0 bridgehead atoms. The first-order chi connectivity index (χ1) is 15.0. The second-order valence-electron chi connectivity index (χ2n) is 7.50. The molecule has 3 aromatic rings. The summed E-state index contributed by atoms with van der Waals surface area (Å²) in [6, 6.07) is 7.47. The summed E-state index contributed by atoms with van der Waals surface area (Å²) in [4.78, 5) is 26.4. The smallest absolute Gasteiger partial charge is 0.263 e. The minimum Gasteiger partial charge on any atom is -0.368 e. The van der Waals surface area contributed by atoms with Crippen LogP contribution in [0.3, 0.4) is 0 Å². The first-order valence-electron chi connectivity index (χ1n) is 10.2. The Balaban J connectivity index is 1.69. The van der Waals surface area contributed by atoms with Crippen molar-refractivity contribution in [3.63, 3.8) is 0 Å². The number of nitrogens with two attached hydrogens (primary N) is 1. The van der Waals surface area contributed by atoms with Crippen molar-refractivity contribution < 1.29 is 0 Å². The quantitative estimate of drug-likeness (QED) is 0.551. The maximum Gasteiger partial charge on any atom is 0.263 e. The third-order valence-electron chi connectivity index (χ3n) is 5.49. The average Bonchev–Trinajstić information content (AvgIpc) is 2.74. The van der Waals surface area contributed by atoms with Crippen molar-refractivity contribution in [3.05, 3.63) is 50.7 Å². The van der Waals surface area contributed by atoms with E-state index in [0.29, 0.717) is 51.8 Å². The van der Waals surface area contributed by atoms with Gasteiger partial charge in [-0.2, -0.15) is 10.2 Å². The van der Waals surface area contributed by atoms with Crippen molar-refractivity contribution in [2.24, 2.45) is 0 Å². The highest BCUT2D eigenvalue weighted by molar-refractivity contribution is 6.35. The molecule has 0 radical (unpaired) electrons. The summed E-state index contributed by atoms with van der Waals surface area (Å²) in [5.41, 5.74) is 7.07. The average molecular weight is 439 g/mol. The van der Waals surface area contributed by atoms with Crippen LogP contribution in [0.15, 0.2) is 23.0 Å². The third-order valence-corrected chi connectivity index (χ3v) is 5.80. The van der Waals surface area contributed by atoms with Crippen molar-refractivity contribution in [2.75, 3.05) is 30.7 Å². The summed E-state index contributed by atoms with van der Waals surface area (Å²) in [6.07, 6.45) is 2.16. The van der Waals surface area contributed by atoms with Crippen LogP contribution in [0.1, 0.15) is 36.0 Å². The molecule has 1 aliphatic heterocycles. The zero-order valence-corrected chi connectivity index (χ0v) is 17.9. The molecule has 0 unspecified atom stereocenters. The van der Waals surface area contributed by atoms with E-state index in [2.05, 4.69) is 26.7 Å². The normalized spacial score (nSPS) is 14.5. The number of anilines is 2. The number of nitrogens with zero attached hydrogens (tertiary/aromatic N) is 5. The lowest BCUT2D eigenvalue weighted by atomic mass is 10.1. The van der Waals surface area contributed by atoms with E-state index in [0.717, 1.165) is 25.9 Å². The Morgan fingerprint density at radius 2 is 2.10 bits per heavy atom. The second kappa shape index (κ2) is 8.88. The molecule has 1 saturated heterocycles. The van der Waals surface area contributed by atoms with E-state index < -0.39 is 0 Å². The molecule has 2 aromatic heterocycles. The molecule has 0 spiro atoms. The highest BCUT2D eigenvalue weighted by Gasteiger charge is 2.22. The fraction of sp³-hybridized carbons (Fsp3) is 0.381. The number of nitrogen functional groups attached to an aromatic ring is 1. The molecule has 0 aliphatic carbocycles. The summed E-state index contributed by atoms with van der Waals surface area (Å²) >= 11 is 6.34. The van der Waals surface area contributed by atoms with Gasteiger partial charge < -0.3 is 16.4 Å². The lowest BCUT2D eigenvalue weighted by Crippen LogP contribution is -2.37. The highest BCUT2D eigenvalue weighted by atomic mass is 35.5. The summed E-state index contributed by atoms with van der Waals surface area (Å²) < 4.78 is 1.79. The summed E-state index contributed by atoms with van der Waals surface area (Å²) in [7, 11) is 0. The summed E-state index contributed by atoms with van der Waals surface area (Å²) in [5, 5.41) is 16.8. The summed E-state index contributed by atoms with van der Waals surface area (Å²) in [5.74, 6) is 1.16. The van der Waals surface area contributed by atoms with Gasteiger partial charge in [0.05, 0.1) is 21.6 Å². The van der Waals surface area contributed by atoms with Gasteiger partial charge in [0.2, 0.25) is 5.95 Å². The number of halogens is 1. The maximum absolute atomic E-state index is 13.4. The number of hydrogen-bond acceptors (Lipinski definition) is 8.